The minimum absolute atomic E-state index is 0.141. The highest BCUT2D eigenvalue weighted by Crippen LogP contribution is 2.50. The maximum Gasteiger partial charge on any atom is 0.409 e. The van der Waals surface area contributed by atoms with Gasteiger partial charge in [0.15, 0.2) is 0 Å². The highest BCUT2D eigenvalue weighted by atomic mass is 16.6. The molecule has 1 saturated carbocycles. The van der Waals surface area contributed by atoms with E-state index in [9.17, 15) is 9.59 Å². The van der Waals surface area contributed by atoms with Crippen molar-refractivity contribution in [2.75, 3.05) is 32.8 Å². The third kappa shape index (κ3) is 3.21. The van der Waals surface area contributed by atoms with E-state index in [1.165, 1.54) is 12.8 Å². The Morgan fingerprint density at radius 1 is 1.15 bits per heavy atom. The second-order valence-electron chi connectivity index (χ2n) is 8.89. The van der Waals surface area contributed by atoms with Gasteiger partial charge in [0.05, 0.1) is 6.61 Å². The number of rotatable bonds is 3. The fraction of sp³-hybridized carbons (Fsp3) is 0.900. The quantitative estimate of drug-likeness (QED) is 0.773. The number of carbonyl (C=O) groups excluding carboxylic acids is 2. The Morgan fingerprint density at radius 2 is 1.88 bits per heavy atom. The van der Waals surface area contributed by atoms with Gasteiger partial charge in [0.2, 0.25) is 5.91 Å². The second-order valence-corrected chi connectivity index (χ2v) is 8.89. The number of carbonyl (C=O) groups is 2. The number of piperidine rings is 1. The van der Waals surface area contributed by atoms with Gasteiger partial charge in [-0.15, -0.1) is 0 Å². The lowest BCUT2D eigenvalue weighted by Gasteiger charge is -2.52. The van der Waals surface area contributed by atoms with Gasteiger partial charge in [-0.3, -0.25) is 4.79 Å². The molecular formula is C20H33N3O3. The Bertz CT molecular complexity index is 553. The van der Waals surface area contributed by atoms with E-state index in [-0.39, 0.29) is 6.09 Å². The molecule has 0 aromatic carbocycles. The van der Waals surface area contributed by atoms with E-state index in [1.54, 1.807) is 0 Å². The number of amides is 2. The predicted molar refractivity (Wildman–Crippen MR) is 98.8 cm³/mol. The first kappa shape index (κ1) is 18.1. The molecule has 1 atom stereocenters. The van der Waals surface area contributed by atoms with Gasteiger partial charge in [-0.1, -0.05) is 0 Å². The van der Waals surface area contributed by atoms with E-state index in [0.717, 1.165) is 58.3 Å². The van der Waals surface area contributed by atoms with Crippen molar-refractivity contribution in [3.8, 4) is 0 Å². The Morgan fingerprint density at radius 3 is 2.50 bits per heavy atom. The van der Waals surface area contributed by atoms with Gasteiger partial charge in [0.1, 0.15) is 0 Å². The van der Waals surface area contributed by atoms with Crippen molar-refractivity contribution in [3.63, 3.8) is 0 Å². The molecule has 3 heterocycles. The molecule has 0 unspecified atom stereocenters. The Kier molecular flexibility index (Phi) is 4.88. The summed E-state index contributed by atoms with van der Waals surface area (Å²) in [6.07, 6.45) is 7.42. The second kappa shape index (κ2) is 7.02. The zero-order valence-corrected chi connectivity index (χ0v) is 16.3. The van der Waals surface area contributed by atoms with E-state index < -0.39 is 0 Å². The molecule has 6 nitrogen and oxygen atoms in total. The topological polar surface area (TPSA) is 53.1 Å². The van der Waals surface area contributed by atoms with Crippen LogP contribution in [0.2, 0.25) is 0 Å². The fourth-order valence-electron chi connectivity index (χ4n) is 5.78. The fourth-order valence-corrected chi connectivity index (χ4v) is 5.78. The first-order chi connectivity index (χ1) is 12.5. The lowest BCUT2D eigenvalue weighted by molar-refractivity contribution is -0.132. The minimum atomic E-state index is -0.141. The van der Waals surface area contributed by atoms with Crippen molar-refractivity contribution in [1.82, 2.24) is 14.7 Å². The Labute approximate surface area is 156 Å². The van der Waals surface area contributed by atoms with Gasteiger partial charge >= 0.3 is 6.09 Å². The minimum Gasteiger partial charge on any atom is -0.450 e. The summed E-state index contributed by atoms with van der Waals surface area (Å²) in [7, 11) is 0. The molecular weight excluding hydrogens is 330 g/mol. The van der Waals surface area contributed by atoms with Crippen LogP contribution in [-0.2, 0) is 9.53 Å². The van der Waals surface area contributed by atoms with Crippen LogP contribution < -0.4 is 0 Å². The standard InChI is InChI=1S/C20H33N3O3/c1-3-26-19(25)22-11-8-20(14-22)12-17(13-20)21-9-6-16(7-10-21)23-15(2)4-5-18(23)24/h15-17H,3-14H2,1-2H3/t15-,17?,20?/m1/s1. The van der Waals surface area contributed by atoms with Crippen LogP contribution in [-0.4, -0.2) is 77.6 Å². The molecule has 146 valence electrons. The molecule has 1 spiro atoms. The van der Waals surface area contributed by atoms with Crippen molar-refractivity contribution in [2.24, 2.45) is 5.41 Å². The van der Waals surface area contributed by atoms with Gasteiger partial charge in [0.25, 0.3) is 0 Å². The molecule has 4 aliphatic rings. The monoisotopic (exact) mass is 363 g/mol. The van der Waals surface area contributed by atoms with Crippen LogP contribution in [0.5, 0.6) is 0 Å². The number of likely N-dealkylation sites (tertiary alicyclic amines) is 3. The summed E-state index contributed by atoms with van der Waals surface area (Å²) in [6.45, 7) is 8.47. The molecule has 4 fully saturated rings. The molecule has 0 aromatic rings. The Balaban J connectivity index is 1.24. The molecule has 0 radical (unpaired) electrons. The van der Waals surface area contributed by atoms with E-state index >= 15 is 0 Å². The van der Waals surface area contributed by atoms with Gasteiger partial charge in [0, 0.05) is 50.7 Å². The largest absolute Gasteiger partial charge is 0.450 e. The molecule has 2 amide bonds. The van der Waals surface area contributed by atoms with Gasteiger partial charge in [-0.05, 0) is 57.8 Å². The zero-order chi connectivity index (χ0) is 18.3. The number of nitrogens with zero attached hydrogens (tertiary/aromatic N) is 3. The molecule has 0 N–H and O–H groups in total. The molecule has 0 bridgehead atoms. The van der Waals surface area contributed by atoms with E-state index in [0.29, 0.717) is 36.1 Å². The molecule has 3 aliphatic heterocycles. The zero-order valence-electron chi connectivity index (χ0n) is 16.3. The SMILES string of the molecule is CCOC(=O)N1CCC2(CC(N3CCC(N4C(=O)CC[C@H]4C)CC3)C2)C1. The molecule has 0 aromatic heterocycles. The van der Waals surface area contributed by atoms with Crippen molar-refractivity contribution in [2.45, 2.75) is 76.9 Å². The normalized spacial score (nSPS) is 36.0. The van der Waals surface area contributed by atoms with Gasteiger partial charge in [-0.25, -0.2) is 4.79 Å². The highest BCUT2D eigenvalue weighted by Gasteiger charge is 2.51. The summed E-state index contributed by atoms with van der Waals surface area (Å²) in [5, 5.41) is 0. The molecule has 1 aliphatic carbocycles. The lowest BCUT2D eigenvalue weighted by atomic mass is 9.64. The number of hydrogen-bond acceptors (Lipinski definition) is 4. The van der Waals surface area contributed by atoms with Crippen molar-refractivity contribution in [1.29, 1.82) is 0 Å². The molecule has 6 heteroatoms. The van der Waals surface area contributed by atoms with Gasteiger partial charge in [-0.2, -0.15) is 0 Å². The molecule has 4 rings (SSSR count). The summed E-state index contributed by atoms with van der Waals surface area (Å²) < 4.78 is 5.15. The van der Waals surface area contributed by atoms with Crippen molar-refractivity contribution in [3.05, 3.63) is 0 Å². The van der Waals surface area contributed by atoms with Crippen LogP contribution >= 0.6 is 0 Å². The van der Waals surface area contributed by atoms with E-state index in [1.807, 2.05) is 11.8 Å². The van der Waals surface area contributed by atoms with Crippen LogP contribution in [0.15, 0.2) is 0 Å². The summed E-state index contributed by atoms with van der Waals surface area (Å²) in [5.41, 5.74) is 0.341. The Hall–Kier alpha value is -1.30. The van der Waals surface area contributed by atoms with E-state index in [4.69, 9.17) is 4.74 Å². The summed E-state index contributed by atoms with van der Waals surface area (Å²) >= 11 is 0. The number of hydrogen-bond donors (Lipinski definition) is 0. The summed E-state index contributed by atoms with van der Waals surface area (Å²) in [4.78, 5) is 30.8. The highest BCUT2D eigenvalue weighted by molar-refractivity contribution is 5.79. The summed E-state index contributed by atoms with van der Waals surface area (Å²) in [5.74, 6) is 0.364. The van der Waals surface area contributed by atoms with Crippen LogP contribution in [0.25, 0.3) is 0 Å². The average Bonchev–Trinajstić information content (AvgIpc) is 3.19. The lowest BCUT2D eigenvalue weighted by Crippen LogP contribution is -2.56. The average molecular weight is 364 g/mol. The van der Waals surface area contributed by atoms with Crippen LogP contribution in [0.3, 0.4) is 0 Å². The number of ether oxygens (including phenoxy) is 1. The maximum absolute atomic E-state index is 12.1. The predicted octanol–water partition coefficient (Wildman–Crippen LogP) is 2.47. The van der Waals surface area contributed by atoms with Crippen LogP contribution in [0, 0.1) is 5.41 Å². The van der Waals surface area contributed by atoms with E-state index in [2.05, 4.69) is 16.7 Å². The van der Waals surface area contributed by atoms with Gasteiger partial charge < -0.3 is 19.4 Å². The van der Waals surface area contributed by atoms with Crippen LogP contribution in [0.1, 0.15) is 58.8 Å². The summed E-state index contributed by atoms with van der Waals surface area (Å²) in [6, 6.07) is 1.55. The third-order valence-corrected chi connectivity index (χ3v) is 7.25. The molecule has 26 heavy (non-hydrogen) atoms. The van der Waals surface area contributed by atoms with Crippen molar-refractivity contribution >= 4 is 12.0 Å². The first-order valence-electron chi connectivity index (χ1n) is 10.5. The van der Waals surface area contributed by atoms with Crippen molar-refractivity contribution < 1.29 is 14.3 Å². The van der Waals surface area contributed by atoms with Crippen LogP contribution in [0.4, 0.5) is 4.79 Å². The maximum atomic E-state index is 12.1. The molecule has 3 saturated heterocycles. The smallest absolute Gasteiger partial charge is 0.409 e. The first-order valence-corrected chi connectivity index (χ1v) is 10.5. The third-order valence-electron chi connectivity index (χ3n) is 7.25.